The SMILES string of the molecule is CCOC(=O)C1CCC(N2CC(CBr)CC2=O)CC1. The smallest absolute Gasteiger partial charge is 0.308 e. The third-order valence-electron chi connectivity index (χ3n) is 4.21. The summed E-state index contributed by atoms with van der Waals surface area (Å²) in [7, 11) is 0. The Kier molecular flexibility index (Phi) is 5.25. The fourth-order valence-corrected chi connectivity index (χ4v) is 3.58. The van der Waals surface area contributed by atoms with Crippen LogP contribution in [0, 0.1) is 11.8 Å². The molecule has 1 unspecified atom stereocenters. The van der Waals surface area contributed by atoms with Gasteiger partial charge in [0.2, 0.25) is 5.91 Å². The van der Waals surface area contributed by atoms with Crippen molar-refractivity contribution in [3.8, 4) is 0 Å². The average Bonchev–Trinajstić information content (AvgIpc) is 2.80. The van der Waals surface area contributed by atoms with Gasteiger partial charge in [-0.05, 0) is 38.5 Å². The standard InChI is InChI=1S/C14H22BrNO3/c1-2-19-14(18)11-3-5-12(6-4-11)16-9-10(8-15)7-13(16)17/h10-12H,2-9H2,1H3. The quantitative estimate of drug-likeness (QED) is 0.586. The van der Waals surface area contributed by atoms with E-state index < -0.39 is 0 Å². The molecule has 1 heterocycles. The zero-order chi connectivity index (χ0) is 13.8. The molecule has 1 aliphatic heterocycles. The molecule has 1 saturated heterocycles. The summed E-state index contributed by atoms with van der Waals surface area (Å²) >= 11 is 3.46. The van der Waals surface area contributed by atoms with E-state index in [4.69, 9.17) is 4.74 Å². The summed E-state index contributed by atoms with van der Waals surface area (Å²) in [6.45, 7) is 3.17. The van der Waals surface area contributed by atoms with Crippen LogP contribution in [0.4, 0.5) is 0 Å². The first-order valence-corrected chi connectivity index (χ1v) is 8.29. The highest BCUT2D eigenvalue weighted by molar-refractivity contribution is 9.09. The van der Waals surface area contributed by atoms with Crippen molar-refractivity contribution in [3.63, 3.8) is 0 Å². The highest BCUT2D eigenvalue weighted by Crippen LogP contribution is 2.32. The maximum Gasteiger partial charge on any atom is 0.308 e. The first-order valence-electron chi connectivity index (χ1n) is 7.17. The van der Waals surface area contributed by atoms with Gasteiger partial charge in [0.05, 0.1) is 12.5 Å². The molecule has 1 saturated carbocycles. The van der Waals surface area contributed by atoms with Crippen molar-refractivity contribution in [1.82, 2.24) is 4.90 Å². The normalized spacial score (nSPS) is 31.6. The number of carbonyl (C=O) groups is 2. The van der Waals surface area contributed by atoms with Crippen molar-refractivity contribution in [2.24, 2.45) is 11.8 Å². The highest BCUT2D eigenvalue weighted by Gasteiger charge is 2.37. The summed E-state index contributed by atoms with van der Waals surface area (Å²) in [4.78, 5) is 25.7. The minimum absolute atomic E-state index is 0.0425. The Hall–Kier alpha value is -0.580. The molecule has 0 aromatic rings. The lowest BCUT2D eigenvalue weighted by atomic mass is 9.85. The minimum atomic E-state index is -0.0629. The molecule has 108 valence electrons. The summed E-state index contributed by atoms with van der Waals surface area (Å²) in [5.41, 5.74) is 0. The topological polar surface area (TPSA) is 46.6 Å². The molecule has 2 fully saturated rings. The van der Waals surface area contributed by atoms with Gasteiger partial charge >= 0.3 is 5.97 Å². The van der Waals surface area contributed by atoms with Gasteiger partial charge in [-0.2, -0.15) is 0 Å². The van der Waals surface area contributed by atoms with E-state index in [0.717, 1.165) is 37.6 Å². The van der Waals surface area contributed by atoms with Gasteiger partial charge in [-0.25, -0.2) is 0 Å². The van der Waals surface area contributed by atoms with Crippen LogP contribution < -0.4 is 0 Å². The molecule has 5 heteroatoms. The number of hydrogen-bond donors (Lipinski definition) is 0. The van der Waals surface area contributed by atoms with Gasteiger partial charge < -0.3 is 9.64 Å². The van der Waals surface area contributed by atoms with Gasteiger partial charge in [-0.15, -0.1) is 0 Å². The number of halogens is 1. The van der Waals surface area contributed by atoms with Crippen molar-refractivity contribution in [2.75, 3.05) is 18.5 Å². The van der Waals surface area contributed by atoms with E-state index in [1.54, 1.807) is 0 Å². The molecule has 2 rings (SSSR count). The predicted molar refractivity (Wildman–Crippen MR) is 76.0 cm³/mol. The lowest BCUT2D eigenvalue weighted by molar-refractivity contribution is -0.149. The van der Waals surface area contributed by atoms with Gasteiger partial charge in [-0.3, -0.25) is 9.59 Å². The van der Waals surface area contributed by atoms with E-state index in [-0.39, 0.29) is 17.8 Å². The number of hydrogen-bond acceptors (Lipinski definition) is 3. The van der Waals surface area contributed by atoms with Crippen LogP contribution in [0.3, 0.4) is 0 Å². The molecule has 0 radical (unpaired) electrons. The Bertz CT molecular complexity index is 340. The number of amides is 1. The maximum absolute atomic E-state index is 12.0. The lowest BCUT2D eigenvalue weighted by Crippen LogP contribution is -2.40. The van der Waals surface area contributed by atoms with Crippen LogP contribution in [0.1, 0.15) is 39.0 Å². The summed E-state index contributed by atoms with van der Waals surface area (Å²) in [6.07, 6.45) is 4.25. The van der Waals surface area contributed by atoms with E-state index in [2.05, 4.69) is 15.9 Å². The number of alkyl halides is 1. The number of rotatable bonds is 4. The predicted octanol–water partition coefficient (Wildman–Crippen LogP) is 2.35. The molecule has 1 amide bonds. The second-order valence-electron chi connectivity index (χ2n) is 5.53. The summed E-state index contributed by atoms with van der Waals surface area (Å²) in [5.74, 6) is 0.715. The molecule has 0 aromatic carbocycles. The highest BCUT2D eigenvalue weighted by atomic mass is 79.9. The second-order valence-corrected chi connectivity index (χ2v) is 6.18. The molecule has 19 heavy (non-hydrogen) atoms. The lowest BCUT2D eigenvalue weighted by Gasteiger charge is -2.34. The fraction of sp³-hybridized carbons (Fsp3) is 0.857. The molecule has 4 nitrogen and oxygen atoms in total. The first-order chi connectivity index (χ1) is 9.15. The monoisotopic (exact) mass is 331 g/mol. The summed E-state index contributed by atoms with van der Waals surface area (Å²) in [5, 5.41) is 0.896. The van der Waals surface area contributed by atoms with Crippen molar-refractivity contribution < 1.29 is 14.3 Å². The number of nitrogens with zero attached hydrogens (tertiary/aromatic N) is 1. The largest absolute Gasteiger partial charge is 0.466 e. The van der Waals surface area contributed by atoms with Crippen LogP contribution in [-0.2, 0) is 14.3 Å². The van der Waals surface area contributed by atoms with Gasteiger partial charge in [0.25, 0.3) is 0 Å². The van der Waals surface area contributed by atoms with Crippen LogP contribution in [0.2, 0.25) is 0 Å². The van der Waals surface area contributed by atoms with Crippen molar-refractivity contribution >= 4 is 27.8 Å². The number of ether oxygens (including phenoxy) is 1. The van der Waals surface area contributed by atoms with Gasteiger partial charge in [0, 0.05) is 24.3 Å². The minimum Gasteiger partial charge on any atom is -0.466 e. The van der Waals surface area contributed by atoms with Gasteiger partial charge in [-0.1, -0.05) is 15.9 Å². The second kappa shape index (κ2) is 6.73. The summed E-state index contributed by atoms with van der Waals surface area (Å²) < 4.78 is 5.07. The maximum atomic E-state index is 12.0. The number of esters is 1. The molecular weight excluding hydrogens is 310 g/mol. The van der Waals surface area contributed by atoms with Gasteiger partial charge in [0.15, 0.2) is 0 Å². The third-order valence-corrected chi connectivity index (χ3v) is 5.13. The van der Waals surface area contributed by atoms with Crippen LogP contribution in [0.25, 0.3) is 0 Å². The average molecular weight is 332 g/mol. The Morgan fingerprint density at radius 1 is 1.37 bits per heavy atom. The Morgan fingerprint density at radius 2 is 2.05 bits per heavy atom. The third kappa shape index (κ3) is 3.50. The molecular formula is C14H22BrNO3. The van der Waals surface area contributed by atoms with Crippen LogP contribution in [-0.4, -0.2) is 41.3 Å². The van der Waals surface area contributed by atoms with E-state index >= 15 is 0 Å². The molecule has 0 N–H and O–H groups in total. The zero-order valence-electron chi connectivity index (χ0n) is 11.4. The van der Waals surface area contributed by atoms with Crippen molar-refractivity contribution in [1.29, 1.82) is 0 Å². The summed E-state index contributed by atoms with van der Waals surface area (Å²) in [6, 6.07) is 0.335. The Labute approximate surface area is 123 Å². The number of likely N-dealkylation sites (tertiary alicyclic amines) is 1. The van der Waals surface area contributed by atoms with Crippen molar-refractivity contribution in [2.45, 2.75) is 45.1 Å². The van der Waals surface area contributed by atoms with E-state index in [9.17, 15) is 9.59 Å². The molecule has 2 aliphatic rings. The molecule has 0 spiro atoms. The van der Waals surface area contributed by atoms with Crippen LogP contribution in [0.5, 0.6) is 0 Å². The molecule has 0 aromatic heterocycles. The van der Waals surface area contributed by atoms with E-state index in [1.807, 2.05) is 11.8 Å². The van der Waals surface area contributed by atoms with Gasteiger partial charge in [0.1, 0.15) is 0 Å². The van der Waals surface area contributed by atoms with Crippen LogP contribution >= 0.6 is 15.9 Å². The Balaban J connectivity index is 1.83. The van der Waals surface area contributed by atoms with E-state index in [0.29, 0.717) is 25.0 Å². The number of carbonyl (C=O) groups excluding carboxylic acids is 2. The van der Waals surface area contributed by atoms with Crippen molar-refractivity contribution in [3.05, 3.63) is 0 Å². The van der Waals surface area contributed by atoms with Crippen LogP contribution in [0.15, 0.2) is 0 Å². The first kappa shape index (κ1) is 14.8. The molecule has 1 aliphatic carbocycles. The van der Waals surface area contributed by atoms with E-state index in [1.165, 1.54) is 0 Å². The fourth-order valence-electron chi connectivity index (χ4n) is 3.15. The molecule has 0 bridgehead atoms. The molecule has 1 atom stereocenters. The Morgan fingerprint density at radius 3 is 2.58 bits per heavy atom. The zero-order valence-corrected chi connectivity index (χ0v) is 13.0.